The maximum atomic E-state index is 11.4. The van der Waals surface area contributed by atoms with Crippen molar-refractivity contribution in [1.82, 2.24) is 4.57 Å². The number of aromatic nitrogens is 1. The summed E-state index contributed by atoms with van der Waals surface area (Å²) in [6, 6.07) is 8.45. The molecule has 0 bridgehead atoms. The smallest absolute Gasteiger partial charge is 0.313 e. The highest BCUT2D eigenvalue weighted by atomic mass is 16.4. The average molecular weight is 259 g/mol. The molecule has 0 fully saturated rings. The number of benzene rings is 1. The molecule has 0 radical (unpaired) electrons. The summed E-state index contributed by atoms with van der Waals surface area (Å²) in [5.74, 6) is -0.800. The van der Waals surface area contributed by atoms with E-state index >= 15 is 0 Å². The van der Waals surface area contributed by atoms with Crippen molar-refractivity contribution in [3.05, 3.63) is 35.5 Å². The number of hydrogen-bond acceptors (Lipinski definition) is 1. The lowest BCUT2D eigenvalue weighted by Gasteiger charge is -2.20. The standard InChI is InChI=1S/C16H21NO2/c1-10(2)17-11(3)8-12-6-7-13(9-14(12)17)16(4,5)15(18)19/h6-10H,1-5H3,(H,18,19). The van der Waals surface area contributed by atoms with Gasteiger partial charge in [0, 0.05) is 17.3 Å². The van der Waals surface area contributed by atoms with Crippen LogP contribution in [0.3, 0.4) is 0 Å². The Kier molecular flexibility index (Phi) is 3.17. The van der Waals surface area contributed by atoms with Gasteiger partial charge in [-0.3, -0.25) is 4.79 Å². The second kappa shape index (κ2) is 4.41. The molecule has 0 saturated heterocycles. The molecular formula is C16H21NO2. The summed E-state index contributed by atoms with van der Waals surface area (Å²) >= 11 is 0. The van der Waals surface area contributed by atoms with E-state index in [0.29, 0.717) is 6.04 Å². The third kappa shape index (κ3) is 2.14. The van der Waals surface area contributed by atoms with Gasteiger partial charge in [-0.25, -0.2) is 0 Å². The van der Waals surface area contributed by atoms with Gasteiger partial charge in [0.25, 0.3) is 0 Å². The Balaban J connectivity index is 2.69. The van der Waals surface area contributed by atoms with Crippen molar-refractivity contribution in [3.63, 3.8) is 0 Å². The van der Waals surface area contributed by atoms with E-state index in [-0.39, 0.29) is 0 Å². The maximum absolute atomic E-state index is 11.4. The van der Waals surface area contributed by atoms with Crippen LogP contribution in [0.15, 0.2) is 24.3 Å². The first kappa shape index (κ1) is 13.7. The highest BCUT2D eigenvalue weighted by Crippen LogP contribution is 2.30. The van der Waals surface area contributed by atoms with Gasteiger partial charge in [0.1, 0.15) is 0 Å². The minimum Gasteiger partial charge on any atom is -0.481 e. The fourth-order valence-electron chi connectivity index (χ4n) is 2.56. The van der Waals surface area contributed by atoms with E-state index in [4.69, 9.17) is 0 Å². The number of carbonyl (C=O) groups is 1. The molecule has 3 nitrogen and oxygen atoms in total. The van der Waals surface area contributed by atoms with Crippen molar-refractivity contribution in [2.24, 2.45) is 0 Å². The zero-order chi connectivity index (χ0) is 14.4. The quantitative estimate of drug-likeness (QED) is 0.908. The van der Waals surface area contributed by atoms with Gasteiger partial charge < -0.3 is 9.67 Å². The molecule has 0 aliphatic carbocycles. The molecule has 0 amide bonds. The van der Waals surface area contributed by atoms with E-state index in [2.05, 4.69) is 31.4 Å². The molecule has 0 spiro atoms. The lowest BCUT2D eigenvalue weighted by molar-refractivity contribution is -0.142. The number of carboxylic acid groups (broad SMARTS) is 1. The summed E-state index contributed by atoms with van der Waals surface area (Å²) < 4.78 is 2.25. The van der Waals surface area contributed by atoms with E-state index < -0.39 is 11.4 Å². The molecule has 1 N–H and O–H groups in total. The van der Waals surface area contributed by atoms with Crippen LogP contribution in [0.25, 0.3) is 10.9 Å². The number of carboxylic acids is 1. The van der Waals surface area contributed by atoms with Crippen LogP contribution in [0.4, 0.5) is 0 Å². The van der Waals surface area contributed by atoms with Crippen molar-refractivity contribution in [1.29, 1.82) is 0 Å². The van der Waals surface area contributed by atoms with E-state index in [9.17, 15) is 9.90 Å². The van der Waals surface area contributed by atoms with Gasteiger partial charge >= 0.3 is 5.97 Å². The molecule has 0 saturated carbocycles. The first-order chi connectivity index (χ1) is 8.75. The van der Waals surface area contributed by atoms with Crippen molar-refractivity contribution in [2.75, 3.05) is 0 Å². The normalized spacial score (nSPS) is 12.3. The number of hydrogen-bond donors (Lipinski definition) is 1. The highest BCUT2D eigenvalue weighted by Gasteiger charge is 2.29. The van der Waals surface area contributed by atoms with Crippen molar-refractivity contribution < 1.29 is 9.90 Å². The summed E-state index contributed by atoms with van der Waals surface area (Å²) in [7, 11) is 0. The first-order valence-electron chi connectivity index (χ1n) is 6.60. The molecule has 102 valence electrons. The van der Waals surface area contributed by atoms with Crippen molar-refractivity contribution >= 4 is 16.9 Å². The fraction of sp³-hybridized carbons (Fsp3) is 0.438. The van der Waals surface area contributed by atoms with Crippen LogP contribution < -0.4 is 0 Å². The SMILES string of the molecule is Cc1cc2ccc(C(C)(C)C(=O)O)cc2n1C(C)C. The maximum Gasteiger partial charge on any atom is 0.313 e. The molecule has 1 aromatic heterocycles. The third-order valence-corrected chi connectivity index (χ3v) is 3.81. The second-order valence-corrected chi connectivity index (χ2v) is 5.95. The Morgan fingerprint density at radius 3 is 2.42 bits per heavy atom. The monoisotopic (exact) mass is 259 g/mol. The largest absolute Gasteiger partial charge is 0.481 e. The lowest BCUT2D eigenvalue weighted by Crippen LogP contribution is -2.28. The van der Waals surface area contributed by atoms with Gasteiger partial charge in [0.05, 0.1) is 5.41 Å². The Morgan fingerprint density at radius 2 is 1.89 bits per heavy atom. The zero-order valence-electron chi connectivity index (χ0n) is 12.2. The minimum absolute atomic E-state index is 0.362. The molecule has 19 heavy (non-hydrogen) atoms. The van der Waals surface area contributed by atoms with Gasteiger partial charge in [-0.15, -0.1) is 0 Å². The predicted octanol–water partition coefficient (Wildman–Crippen LogP) is 3.89. The number of nitrogens with zero attached hydrogens (tertiary/aromatic N) is 1. The Labute approximate surface area is 113 Å². The van der Waals surface area contributed by atoms with Crippen LogP contribution in [-0.2, 0) is 10.2 Å². The molecule has 0 unspecified atom stereocenters. The molecule has 2 aromatic rings. The Bertz CT molecular complexity index is 635. The molecule has 2 rings (SSSR count). The fourth-order valence-corrected chi connectivity index (χ4v) is 2.56. The number of rotatable bonds is 3. The molecule has 1 aromatic carbocycles. The topological polar surface area (TPSA) is 42.2 Å². The predicted molar refractivity (Wildman–Crippen MR) is 77.7 cm³/mol. The van der Waals surface area contributed by atoms with E-state index in [0.717, 1.165) is 16.5 Å². The summed E-state index contributed by atoms with van der Waals surface area (Å²) in [6.07, 6.45) is 0. The molecule has 0 aliphatic rings. The van der Waals surface area contributed by atoms with Crippen LogP contribution in [-0.4, -0.2) is 15.6 Å². The minimum atomic E-state index is -0.867. The first-order valence-corrected chi connectivity index (χ1v) is 6.60. The van der Waals surface area contributed by atoms with E-state index in [1.807, 2.05) is 18.2 Å². The third-order valence-electron chi connectivity index (χ3n) is 3.81. The number of aryl methyl sites for hydroxylation is 1. The summed E-state index contributed by atoms with van der Waals surface area (Å²) in [4.78, 5) is 11.4. The average Bonchev–Trinajstić information content (AvgIpc) is 2.63. The van der Waals surface area contributed by atoms with Gasteiger partial charge in [-0.2, -0.15) is 0 Å². The van der Waals surface area contributed by atoms with Crippen LogP contribution in [0, 0.1) is 6.92 Å². The van der Waals surface area contributed by atoms with Gasteiger partial charge in [-0.05, 0) is 57.7 Å². The molecule has 1 heterocycles. The Hall–Kier alpha value is -1.77. The molecular weight excluding hydrogens is 238 g/mol. The highest BCUT2D eigenvalue weighted by molar-refractivity contribution is 5.86. The van der Waals surface area contributed by atoms with Crippen molar-refractivity contribution in [3.8, 4) is 0 Å². The van der Waals surface area contributed by atoms with E-state index in [1.54, 1.807) is 13.8 Å². The van der Waals surface area contributed by atoms with Crippen LogP contribution in [0.5, 0.6) is 0 Å². The van der Waals surface area contributed by atoms with Gasteiger partial charge in [0.2, 0.25) is 0 Å². The number of fused-ring (bicyclic) bond motifs is 1. The zero-order valence-corrected chi connectivity index (χ0v) is 12.2. The van der Waals surface area contributed by atoms with Crippen LogP contribution in [0.1, 0.15) is 45.0 Å². The second-order valence-electron chi connectivity index (χ2n) is 5.95. The molecule has 0 aliphatic heterocycles. The summed E-state index contributed by atoms with van der Waals surface area (Å²) in [6.45, 7) is 9.85. The van der Waals surface area contributed by atoms with Crippen LogP contribution in [0.2, 0.25) is 0 Å². The Morgan fingerprint density at radius 1 is 1.26 bits per heavy atom. The van der Waals surface area contributed by atoms with Gasteiger partial charge in [-0.1, -0.05) is 12.1 Å². The number of aliphatic carboxylic acids is 1. The summed E-state index contributed by atoms with van der Waals surface area (Å²) in [5.41, 5.74) is 2.29. The molecule has 0 atom stereocenters. The van der Waals surface area contributed by atoms with Gasteiger partial charge in [0.15, 0.2) is 0 Å². The van der Waals surface area contributed by atoms with E-state index in [1.165, 1.54) is 5.69 Å². The summed E-state index contributed by atoms with van der Waals surface area (Å²) in [5, 5.41) is 10.5. The molecule has 3 heteroatoms. The van der Waals surface area contributed by atoms with Crippen LogP contribution >= 0.6 is 0 Å². The lowest BCUT2D eigenvalue weighted by atomic mass is 9.84. The van der Waals surface area contributed by atoms with Crippen molar-refractivity contribution in [2.45, 2.75) is 46.1 Å².